The average molecular weight is 208 g/mol. The van der Waals surface area contributed by atoms with Crippen LogP contribution in [0.3, 0.4) is 0 Å². The Morgan fingerprint density at radius 1 is 1.40 bits per heavy atom. The number of aromatic hydroxyl groups is 1. The number of hydrogen-bond donors (Lipinski definition) is 1. The molecule has 0 radical (unpaired) electrons. The summed E-state index contributed by atoms with van der Waals surface area (Å²) in [4.78, 5) is 10.9. The third kappa shape index (κ3) is 3.02. The van der Waals surface area contributed by atoms with Crippen LogP contribution in [0, 0.1) is 0 Å². The van der Waals surface area contributed by atoms with Gasteiger partial charge in [-0.2, -0.15) is 0 Å². The lowest BCUT2D eigenvalue weighted by Crippen LogP contribution is -1.94. The average Bonchev–Trinajstić information content (AvgIpc) is 2.26. The highest BCUT2D eigenvalue weighted by Gasteiger charge is 2.01. The van der Waals surface area contributed by atoms with Crippen LogP contribution < -0.4 is 4.74 Å². The van der Waals surface area contributed by atoms with Crippen molar-refractivity contribution >= 4 is 12.0 Å². The van der Waals surface area contributed by atoms with Crippen LogP contribution in [-0.2, 0) is 9.53 Å². The number of ether oxygens (including phenoxy) is 2. The Bertz CT molecular complexity index is 382. The van der Waals surface area contributed by atoms with Gasteiger partial charge in [-0.1, -0.05) is 0 Å². The zero-order valence-electron chi connectivity index (χ0n) is 8.56. The minimum Gasteiger partial charge on any atom is -0.508 e. The second-order valence-corrected chi connectivity index (χ2v) is 2.78. The highest BCUT2D eigenvalue weighted by molar-refractivity contribution is 5.87. The Labute approximate surface area is 87.7 Å². The van der Waals surface area contributed by atoms with Crippen LogP contribution in [0.5, 0.6) is 11.5 Å². The molecule has 80 valence electrons. The molecule has 0 aliphatic rings. The van der Waals surface area contributed by atoms with Crippen molar-refractivity contribution in [2.24, 2.45) is 0 Å². The molecule has 1 aromatic rings. The summed E-state index contributed by atoms with van der Waals surface area (Å²) in [5.74, 6) is 0.230. The summed E-state index contributed by atoms with van der Waals surface area (Å²) < 4.78 is 9.50. The highest BCUT2D eigenvalue weighted by atomic mass is 16.5. The number of benzene rings is 1. The number of carbonyl (C=O) groups is 1. The molecule has 0 amide bonds. The van der Waals surface area contributed by atoms with Gasteiger partial charge < -0.3 is 14.6 Å². The van der Waals surface area contributed by atoms with E-state index in [4.69, 9.17) is 4.74 Å². The molecule has 1 rings (SSSR count). The van der Waals surface area contributed by atoms with Gasteiger partial charge in [0.1, 0.15) is 11.5 Å². The number of rotatable bonds is 3. The number of hydrogen-bond acceptors (Lipinski definition) is 4. The number of esters is 1. The first-order chi connectivity index (χ1) is 7.17. The molecule has 4 nitrogen and oxygen atoms in total. The van der Waals surface area contributed by atoms with E-state index in [-0.39, 0.29) is 5.75 Å². The molecule has 15 heavy (non-hydrogen) atoms. The zero-order valence-corrected chi connectivity index (χ0v) is 8.56. The first-order valence-corrected chi connectivity index (χ1v) is 4.30. The molecule has 0 bridgehead atoms. The van der Waals surface area contributed by atoms with Crippen molar-refractivity contribution in [3.8, 4) is 11.5 Å². The summed E-state index contributed by atoms with van der Waals surface area (Å²) in [7, 11) is 2.81. The van der Waals surface area contributed by atoms with Crippen molar-refractivity contribution in [2.45, 2.75) is 0 Å². The van der Waals surface area contributed by atoms with Crippen LogP contribution in [-0.4, -0.2) is 25.3 Å². The van der Waals surface area contributed by atoms with E-state index in [9.17, 15) is 9.90 Å². The van der Waals surface area contributed by atoms with Gasteiger partial charge in [0.05, 0.1) is 14.2 Å². The van der Waals surface area contributed by atoms with Gasteiger partial charge in [0, 0.05) is 11.6 Å². The van der Waals surface area contributed by atoms with Crippen LogP contribution in [0.25, 0.3) is 6.08 Å². The topological polar surface area (TPSA) is 55.8 Å². The molecule has 0 fully saturated rings. The molecule has 0 saturated carbocycles. The van der Waals surface area contributed by atoms with Crippen molar-refractivity contribution in [1.82, 2.24) is 0 Å². The predicted octanol–water partition coefficient (Wildman–Crippen LogP) is 1.59. The largest absolute Gasteiger partial charge is 0.508 e. The van der Waals surface area contributed by atoms with Gasteiger partial charge in [0.15, 0.2) is 0 Å². The molecule has 0 aliphatic heterocycles. The maximum Gasteiger partial charge on any atom is 0.330 e. The Morgan fingerprint density at radius 3 is 2.73 bits per heavy atom. The Kier molecular flexibility index (Phi) is 3.74. The van der Waals surface area contributed by atoms with Crippen LogP contribution in [0.2, 0.25) is 0 Å². The van der Waals surface area contributed by atoms with E-state index in [1.807, 2.05) is 0 Å². The lowest BCUT2D eigenvalue weighted by Gasteiger charge is -2.04. The number of carbonyl (C=O) groups excluding carboxylic acids is 1. The molecule has 0 atom stereocenters. The SMILES string of the molecule is COC(=O)/C=C/c1cc(O)ccc1OC. The zero-order chi connectivity index (χ0) is 11.3. The van der Waals surface area contributed by atoms with Gasteiger partial charge in [0.2, 0.25) is 0 Å². The lowest BCUT2D eigenvalue weighted by molar-refractivity contribution is -0.134. The molecule has 0 saturated heterocycles. The van der Waals surface area contributed by atoms with Gasteiger partial charge in [0.25, 0.3) is 0 Å². The number of phenolic OH excluding ortho intramolecular Hbond substituents is 1. The molecule has 0 spiro atoms. The van der Waals surface area contributed by atoms with E-state index in [1.165, 1.54) is 38.5 Å². The third-order valence-corrected chi connectivity index (χ3v) is 1.81. The smallest absolute Gasteiger partial charge is 0.330 e. The van der Waals surface area contributed by atoms with E-state index >= 15 is 0 Å². The minimum atomic E-state index is -0.458. The maximum atomic E-state index is 10.9. The van der Waals surface area contributed by atoms with Crippen LogP contribution in [0.1, 0.15) is 5.56 Å². The van der Waals surface area contributed by atoms with Crippen LogP contribution in [0.4, 0.5) is 0 Å². The van der Waals surface area contributed by atoms with Crippen molar-refractivity contribution in [2.75, 3.05) is 14.2 Å². The van der Waals surface area contributed by atoms with Crippen LogP contribution >= 0.6 is 0 Å². The molecule has 0 unspecified atom stereocenters. The highest BCUT2D eigenvalue weighted by Crippen LogP contribution is 2.24. The van der Waals surface area contributed by atoms with Gasteiger partial charge in [-0.3, -0.25) is 0 Å². The van der Waals surface area contributed by atoms with Gasteiger partial charge in [-0.15, -0.1) is 0 Å². The van der Waals surface area contributed by atoms with Crippen molar-refractivity contribution in [1.29, 1.82) is 0 Å². The van der Waals surface area contributed by atoms with Crippen molar-refractivity contribution in [3.63, 3.8) is 0 Å². The fourth-order valence-corrected chi connectivity index (χ4v) is 1.08. The molecule has 0 heterocycles. The Hall–Kier alpha value is -1.97. The summed E-state index contributed by atoms with van der Waals surface area (Å²) in [5.41, 5.74) is 0.614. The van der Waals surface area contributed by atoms with Crippen molar-refractivity contribution < 1.29 is 19.4 Å². The monoisotopic (exact) mass is 208 g/mol. The molecule has 4 heteroatoms. The normalized spacial score (nSPS) is 10.3. The van der Waals surface area contributed by atoms with Gasteiger partial charge in [-0.05, 0) is 24.3 Å². The Morgan fingerprint density at radius 2 is 2.13 bits per heavy atom. The van der Waals surface area contributed by atoms with Crippen LogP contribution in [0.15, 0.2) is 24.3 Å². The lowest BCUT2D eigenvalue weighted by atomic mass is 10.2. The second kappa shape index (κ2) is 5.05. The quantitative estimate of drug-likeness (QED) is 0.605. The minimum absolute atomic E-state index is 0.111. The number of phenols is 1. The molecular formula is C11H12O4. The third-order valence-electron chi connectivity index (χ3n) is 1.81. The van der Waals surface area contributed by atoms with E-state index in [0.29, 0.717) is 11.3 Å². The summed E-state index contributed by atoms with van der Waals surface area (Å²) in [6.07, 6.45) is 2.78. The van der Waals surface area contributed by atoms with E-state index in [1.54, 1.807) is 6.07 Å². The number of methoxy groups -OCH3 is 2. The van der Waals surface area contributed by atoms with E-state index in [0.717, 1.165) is 0 Å². The van der Waals surface area contributed by atoms with Gasteiger partial charge in [-0.25, -0.2) is 4.79 Å². The predicted molar refractivity (Wildman–Crippen MR) is 55.7 cm³/mol. The van der Waals surface area contributed by atoms with Gasteiger partial charge >= 0.3 is 5.97 Å². The standard InChI is InChI=1S/C11H12O4/c1-14-10-5-4-9(12)7-8(10)3-6-11(13)15-2/h3-7,12H,1-2H3/b6-3+. The fraction of sp³-hybridized carbons (Fsp3) is 0.182. The fourth-order valence-electron chi connectivity index (χ4n) is 1.08. The summed E-state index contributed by atoms with van der Waals surface area (Å²) in [5, 5.41) is 9.25. The summed E-state index contributed by atoms with van der Waals surface area (Å²) >= 11 is 0. The first-order valence-electron chi connectivity index (χ1n) is 4.30. The molecule has 0 aromatic heterocycles. The molecule has 1 aromatic carbocycles. The van der Waals surface area contributed by atoms with Crippen molar-refractivity contribution in [3.05, 3.63) is 29.8 Å². The Balaban J connectivity index is 2.96. The maximum absolute atomic E-state index is 10.9. The second-order valence-electron chi connectivity index (χ2n) is 2.78. The van der Waals surface area contributed by atoms with E-state index < -0.39 is 5.97 Å². The summed E-state index contributed by atoms with van der Waals surface area (Å²) in [6, 6.07) is 4.62. The molecule has 1 N–H and O–H groups in total. The van der Waals surface area contributed by atoms with E-state index in [2.05, 4.69) is 4.74 Å². The molecular weight excluding hydrogens is 196 g/mol. The summed E-state index contributed by atoms with van der Waals surface area (Å²) in [6.45, 7) is 0. The molecule has 0 aliphatic carbocycles. The first kappa shape index (κ1) is 11.1.